The highest BCUT2D eigenvalue weighted by Crippen LogP contribution is 2.05. The largest absolute Gasteiger partial charge is 0.316 e. The number of hydrogen-bond donors (Lipinski definition) is 1. The molecule has 3 nitrogen and oxygen atoms in total. The normalized spacial score (nSPS) is 16.7. The Morgan fingerprint density at radius 2 is 2.13 bits per heavy atom. The third kappa shape index (κ3) is 3.29. The first-order valence-electron chi connectivity index (χ1n) is 5.63. The fourth-order valence-corrected chi connectivity index (χ4v) is 1.88. The van der Waals surface area contributed by atoms with E-state index in [1.54, 1.807) is 0 Å². The maximum Gasteiger partial charge on any atom is 0.0270 e. The van der Waals surface area contributed by atoms with E-state index in [0.29, 0.717) is 0 Å². The van der Waals surface area contributed by atoms with E-state index in [0.717, 1.165) is 18.9 Å². The number of nitrogens with one attached hydrogen (secondary N) is 1. The number of nitrogens with zero attached hydrogens (tertiary/aromatic N) is 2. The van der Waals surface area contributed by atoms with E-state index in [2.05, 4.69) is 34.4 Å². The first kappa shape index (κ1) is 10.6. The lowest BCUT2D eigenvalue weighted by Crippen LogP contribution is -2.47. The summed E-state index contributed by atoms with van der Waals surface area (Å²) in [5, 5.41) is 3.31. The second kappa shape index (κ2) is 5.24. The van der Waals surface area contributed by atoms with Gasteiger partial charge in [0.1, 0.15) is 0 Å². The van der Waals surface area contributed by atoms with Gasteiger partial charge >= 0.3 is 0 Å². The number of hydrogen-bond acceptors (Lipinski definition) is 3. The summed E-state index contributed by atoms with van der Waals surface area (Å²) in [5.41, 5.74) is 1.38. The van der Waals surface area contributed by atoms with Gasteiger partial charge in [-0.15, -0.1) is 0 Å². The molecule has 0 spiro atoms. The van der Waals surface area contributed by atoms with Crippen molar-refractivity contribution < 1.29 is 0 Å². The van der Waals surface area contributed by atoms with Crippen LogP contribution in [0.3, 0.4) is 0 Å². The van der Waals surface area contributed by atoms with Crippen LogP contribution in [-0.2, 0) is 6.42 Å². The molecule has 15 heavy (non-hydrogen) atoms. The Hall–Kier alpha value is -0.930. The summed E-state index contributed by atoms with van der Waals surface area (Å²) < 4.78 is 0. The monoisotopic (exact) mass is 205 g/mol. The predicted octanol–water partition coefficient (Wildman–Crippen LogP) is 0.775. The van der Waals surface area contributed by atoms with Crippen molar-refractivity contribution in [3.8, 4) is 0 Å². The number of rotatable bonds is 5. The van der Waals surface area contributed by atoms with Gasteiger partial charge in [0.15, 0.2) is 0 Å². The van der Waals surface area contributed by atoms with Crippen LogP contribution in [0.5, 0.6) is 0 Å². The van der Waals surface area contributed by atoms with Gasteiger partial charge in [0.05, 0.1) is 0 Å². The quantitative estimate of drug-likeness (QED) is 0.770. The van der Waals surface area contributed by atoms with E-state index in [-0.39, 0.29) is 0 Å². The molecule has 0 atom stereocenters. The van der Waals surface area contributed by atoms with Crippen molar-refractivity contribution >= 4 is 0 Å². The van der Waals surface area contributed by atoms with Gasteiger partial charge in [-0.3, -0.25) is 4.98 Å². The second-order valence-corrected chi connectivity index (χ2v) is 4.39. The Balaban J connectivity index is 1.68. The zero-order valence-electron chi connectivity index (χ0n) is 9.32. The summed E-state index contributed by atoms with van der Waals surface area (Å²) in [5.74, 6) is 0.868. The molecule has 1 aliphatic heterocycles. The zero-order chi connectivity index (χ0) is 10.5. The molecule has 0 aliphatic carbocycles. The molecule has 1 aliphatic rings. The molecule has 0 radical (unpaired) electrons. The summed E-state index contributed by atoms with van der Waals surface area (Å²) in [6.07, 6.45) is 4.86. The molecule has 2 rings (SSSR count). The molecule has 82 valence electrons. The molecular weight excluding hydrogens is 186 g/mol. The van der Waals surface area contributed by atoms with Crippen LogP contribution in [-0.4, -0.2) is 43.1 Å². The molecule has 3 heteroatoms. The van der Waals surface area contributed by atoms with Crippen LogP contribution in [0.1, 0.15) is 5.56 Å². The van der Waals surface area contributed by atoms with E-state index >= 15 is 0 Å². The molecule has 0 aromatic carbocycles. The van der Waals surface area contributed by atoms with Crippen molar-refractivity contribution in [3.05, 3.63) is 30.1 Å². The highest BCUT2D eigenvalue weighted by molar-refractivity contribution is 5.09. The van der Waals surface area contributed by atoms with E-state index in [4.69, 9.17) is 0 Å². The maximum atomic E-state index is 4.02. The smallest absolute Gasteiger partial charge is 0.0270 e. The van der Waals surface area contributed by atoms with E-state index in [9.17, 15) is 0 Å². The fraction of sp³-hybridized carbons (Fsp3) is 0.583. The summed E-state index contributed by atoms with van der Waals surface area (Å²) in [7, 11) is 2.21. The average molecular weight is 205 g/mol. The second-order valence-electron chi connectivity index (χ2n) is 4.39. The summed E-state index contributed by atoms with van der Waals surface area (Å²) in [4.78, 5) is 6.44. The third-order valence-corrected chi connectivity index (χ3v) is 2.97. The van der Waals surface area contributed by atoms with Crippen molar-refractivity contribution in [1.29, 1.82) is 0 Å². The lowest BCUT2D eigenvalue weighted by molar-refractivity contribution is 0.226. The molecule has 1 fully saturated rings. The molecule has 0 amide bonds. The van der Waals surface area contributed by atoms with Crippen LogP contribution in [0.25, 0.3) is 0 Å². The SMILES string of the molecule is CN(CCc1ccncc1)CC1CNC1. The number of aromatic nitrogens is 1. The van der Waals surface area contributed by atoms with Gasteiger partial charge < -0.3 is 10.2 Å². The summed E-state index contributed by atoms with van der Waals surface area (Å²) >= 11 is 0. The molecule has 1 aromatic heterocycles. The Kier molecular flexibility index (Phi) is 3.69. The molecule has 1 aromatic rings. The minimum absolute atomic E-state index is 0.868. The lowest BCUT2D eigenvalue weighted by atomic mass is 10.0. The Morgan fingerprint density at radius 3 is 2.73 bits per heavy atom. The number of likely N-dealkylation sites (N-methyl/N-ethyl adjacent to an activating group) is 1. The minimum atomic E-state index is 0.868. The Labute approximate surface area is 91.5 Å². The van der Waals surface area contributed by atoms with Gasteiger partial charge in [0, 0.05) is 38.6 Å². The van der Waals surface area contributed by atoms with Gasteiger partial charge in [0.25, 0.3) is 0 Å². The van der Waals surface area contributed by atoms with Crippen molar-refractivity contribution in [2.24, 2.45) is 5.92 Å². The minimum Gasteiger partial charge on any atom is -0.316 e. The molecule has 0 saturated carbocycles. The van der Waals surface area contributed by atoms with Gasteiger partial charge in [-0.05, 0) is 37.1 Å². The molecular formula is C12H19N3. The third-order valence-electron chi connectivity index (χ3n) is 2.97. The predicted molar refractivity (Wildman–Crippen MR) is 61.8 cm³/mol. The average Bonchev–Trinajstić information content (AvgIpc) is 2.22. The highest BCUT2D eigenvalue weighted by Gasteiger charge is 2.17. The molecule has 0 unspecified atom stereocenters. The summed E-state index contributed by atoms with van der Waals surface area (Å²) in [6.45, 7) is 4.75. The fourth-order valence-electron chi connectivity index (χ4n) is 1.88. The van der Waals surface area contributed by atoms with Crippen LogP contribution in [0.2, 0.25) is 0 Å². The number of pyridine rings is 1. The van der Waals surface area contributed by atoms with Gasteiger partial charge in [0.2, 0.25) is 0 Å². The maximum absolute atomic E-state index is 4.02. The molecule has 2 heterocycles. The van der Waals surface area contributed by atoms with Crippen molar-refractivity contribution in [2.75, 3.05) is 33.2 Å². The first-order valence-corrected chi connectivity index (χ1v) is 5.63. The highest BCUT2D eigenvalue weighted by atomic mass is 15.1. The van der Waals surface area contributed by atoms with Gasteiger partial charge in [-0.2, -0.15) is 0 Å². The van der Waals surface area contributed by atoms with E-state index in [1.165, 1.54) is 25.2 Å². The van der Waals surface area contributed by atoms with E-state index in [1.807, 2.05) is 12.4 Å². The van der Waals surface area contributed by atoms with Gasteiger partial charge in [-0.1, -0.05) is 0 Å². The zero-order valence-corrected chi connectivity index (χ0v) is 9.32. The van der Waals surface area contributed by atoms with Crippen LogP contribution in [0.4, 0.5) is 0 Å². The Morgan fingerprint density at radius 1 is 1.40 bits per heavy atom. The van der Waals surface area contributed by atoms with Crippen molar-refractivity contribution in [1.82, 2.24) is 15.2 Å². The van der Waals surface area contributed by atoms with Crippen molar-refractivity contribution in [2.45, 2.75) is 6.42 Å². The van der Waals surface area contributed by atoms with Crippen molar-refractivity contribution in [3.63, 3.8) is 0 Å². The molecule has 1 N–H and O–H groups in total. The molecule has 1 saturated heterocycles. The van der Waals surface area contributed by atoms with Crippen LogP contribution in [0.15, 0.2) is 24.5 Å². The topological polar surface area (TPSA) is 28.2 Å². The lowest BCUT2D eigenvalue weighted by Gasteiger charge is -2.31. The Bertz CT molecular complexity index is 282. The summed E-state index contributed by atoms with van der Waals surface area (Å²) in [6, 6.07) is 4.19. The van der Waals surface area contributed by atoms with Crippen LogP contribution < -0.4 is 5.32 Å². The van der Waals surface area contributed by atoms with Crippen LogP contribution in [0, 0.1) is 5.92 Å². The van der Waals surface area contributed by atoms with Gasteiger partial charge in [-0.25, -0.2) is 0 Å². The van der Waals surface area contributed by atoms with E-state index < -0.39 is 0 Å². The molecule has 0 bridgehead atoms. The standard InChI is InChI=1S/C12H19N3/c1-15(10-12-8-14-9-12)7-4-11-2-5-13-6-3-11/h2-3,5-6,12,14H,4,7-10H2,1H3. The van der Waals surface area contributed by atoms with Crippen LogP contribution >= 0.6 is 0 Å². The first-order chi connectivity index (χ1) is 7.34.